The van der Waals surface area contributed by atoms with E-state index in [0.717, 1.165) is 23.4 Å². The van der Waals surface area contributed by atoms with Gasteiger partial charge in [-0.05, 0) is 61.9 Å². The fourth-order valence-corrected chi connectivity index (χ4v) is 4.25. The number of halogens is 2. The fourth-order valence-electron chi connectivity index (χ4n) is 3.91. The van der Waals surface area contributed by atoms with Crippen molar-refractivity contribution in [3.63, 3.8) is 0 Å². The first-order chi connectivity index (χ1) is 17.4. The molecule has 0 saturated carbocycles. The van der Waals surface area contributed by atoms with E-state index in [4.69, 9.17) is 37.8 Å². The van der Waals surface area contributed by atoms with Crippen molar-refractivity contribution < 1.29 is 14.3 Å². The molecule has 0 radical (unpaired) electrons. The largest absolute Gasteiger partial charge is 0.493 e. The third kappa shape index (κ3) is 5.50. The van der Waals surface area contributed by atoms with Crippen LogP contribution in [0.25, 0.3) is 5.69 Å². The molecule has 4 rings (SSSR count). The Morgan fingerprint density at radius 1 is 0.972 bits per heavy atom. The van der Waals surface area contributed by atoms with Gasteiger partial charge in [0.2, 0.25) is 5.88 Å². The van der Waals surface area contributed by atoms with Crippen molar-refractivity contribution >= 4 is 29.1 Å². The number of amides is 1. The van der Waals surface area contributed by atoms with E-state index in [0.29, 0.717) is 46.1 Å². The van der Waals surface area contributed by atoms with Crippen LogP contribution in [0.1, 0.15) is 35.0 Å². The molecular formula is C28H27Cl2N3O3. The first-order valence-electron chi connectivity index (χ1n) is 11.6. The van der Waals surface area contributed by atoms with Crippen molar-refractivity contribution in [3.8, 4) is 23.1 Å². The minimum atomic E-state index is -0.149. The van der Waals surface area contributed by atoms with Crippen molar-refractivity contribution in [2.24, 2.45) is 0 Å². The number of carbonyl (C=O) groups is 1. The fraction of sp³-hybridized carbons (Fsp3) is 0.214. The Morgan fingerprint density at radius 3 is 2.31 bits per heavy atom. The van der Waals surface area contributed by atoms with Crippen LogP contribution < -0.4 is 9.47 Å². The van der Waals surface area contributed by atoms with Gasteiger partial charge < -0.3 is 14.4 Å². The van der Waals surface area contributed by atoms with Gasteiger partial charge >= 0.3 is 0 Å². The molecule has 3 aromatic carbocycles. The second-order valence-corrected chi connectivity index (χ2v) is 9.06. The van der Waals surface area contributed by atoms with Crippen LogP contribution in [0.4, 0.5) is 0 Å². The number of hydrogen-bond donors (Lipinski definition) is 0. The standard InChI is InChI=1S/C28H27Cl2N3O3/c1-4-17-32(27(34)22-9-5-6-10-24(22)30)18-23-19(2)31-33(21-15-13-20(29)14-16-21)28(23)36-26-12-8-7-11-25(26)35-3/h5-16H,4,17-18H2,1-3H3. The number of aryl methyl sites for hydroxylation is 1. The van der Waals surface area contributed by atoms with Crippen molar-refractivity contribution in [1.29, 1.82) is 0 Å². The number of rotatable bonds is 9. The molecule has 0 N–H and O–H groups in total. The van der Waals surface area contributed by atoms with Crippen LogP contribution >= 0.6 is 23.2 Å². The zero-order valence-corrected chi connectivity index (χ0v) is 21.9. The summed E-state index contributed by atoms with van der Waals surface area (Å²) in [5.74, 6) is 1.47. The zero-order chi connectivity index (χ0) is 25.7. The van der Waals surface area contributed by atoms with Crippen LogP contribution in [0.3, 0.4) is 0 Å². The van der Waals surface area contributed by atoms with E-state index in [1.54, 1.807) is 41.0 Å². The monoisotopic (exact) mass is 523 g/mol. The van der Waals surface area contributed by atoms with Crippen LogP contribution in [0.15, 0.2) is 72.8 Å². The van der Waals surface area contributed by atoms with Gasteiger partial charge in [0.05, 0.1) is 41.2 Å². The molecule has 6 nitrogen and oxygen atoms in total. The summed E-state index contributed by atoms with van der Waals surface area (Å²) in [7, 11) is 1.59. The summed E-state index contributed by atoms with van der Waals surface area (Å²) in [4.78, 5) is 15.3. The second kappa shape index (κ2) is 11.5. The predicted octanol–water partition coefficient (Wildman–Crippen LogP) is 7.34. The van der Waals surface area contributed by atoms with Gasteiger partial charge in [-0.15, -0.1) is 0 Å². The molecule has 0 unspecified atom stereocenters. The minimum absolute atomic E-state index is 0.149. The highest BCUT2D eigenvalue weighted by molar-refractivity contribution is 6.33. The Balaban J connectivity index is 1.80. The van der Waals surface area contributed by atoms with E-state index < -0.39 is 0 Å². The second-order valence-electron chi connectivity index (χ2n) is 8.22. The molecule has 186 valence electrons. The number of ether oxygens (including phenoxy) is 2. The average molecular weight is 524 g/mol. The number of hydrogen-bond acceptors (Lipinski definition) is 4. The Kier molecular flexibility index (Phi) is 8.18. The topological polar surface area (TPSA) is 56.6 Å². The number of methoxy groups -OCH3 is 1. The molecule has 1 heterocycles. The van der Waals surface area contributed by atoms with E-state index in [2.05, 4.69) is 0 Å². The molecule has 4 aromatic rings. The van der Waals surface area contributed by atoms with Gasteiger partial charge in [-0.2, -0.15) is 5.10 Å². The predicted molar refractivity (Wildman–Crippen MR) is 143 cm³/mol. The van der Waals surface area contributed by atoms with Crippen LogP contribution in [0.5, 0.6) is 17.4 Å². The molecule has 0 aliphatic rings. The van der Waals surface area contributed by atoms with Crippen LogP contribution in [-0.4, -0.2) is 34.2 Å². The number of aromatic nitrogens is 2. The van der Waals surface area contributed by atoms with E-state index in [1.807, 2.05) is 62.4 Å². The first-order valence-corrected chi connectivity index (χ1v) is 12.4. The molecule has 8 heteroatoms. The highest BCUT2D eigenvalue weighted by Crippen LogP contribution is 2.36. The van der Waals surface area contributed by atoms with Gasteiger partial charge in [0.1, 0.15) is 0 Å². The molecule has 0 bridgehead atoms. The Hall–Kier alpha value is -3.48. The third-order valence-corrected chi connectivity index (χ3v) is 6.30. The summed E-state index contributed by atoms with van der Waals surface area (Å²) >= 11 is 12.5. The normalized spacial score (nSPS) is 10.8. The quantitative estimate of drug-likeness (QED) is 0.230. The molecule has 1 amide bonds. The number of para-hydroxylation sites is 2. The SMILES string of the molecule is CCCN(Cc1c(C)nn(-c2ccc(Cl)cc2)c1Oc1ccccc1OC)C(=O)c1ccccc1Cl. The van der Waals surface area contributed by atoms with Crippen LogP contribution in [-0.2, 0) is 6.54 Å². The molecule has 0 aliphatic heterocycles. The molecule has 36 heavy (non-hydrogen) atoms. The number of carbonyl (C=O) groups excluding carboxylic acids is 1. The van der Waals surface area contributed by atoms with Crippen LogP contribution in [0, 0.1) is 6.92 Å². The molecule has 0 atom stereocenters. The summed E-state index contributed by atoms with van der Waals surface area (Å²) in [6, 6.07) is 21.8. The summed E-state index contributed by atoms with van der Waals surface area (Å²) in [6.45, 7) is 4.77. The van der Waals surface area contributed by atoms with Crippen molar-refractivity contribution in [1.82, 2.24) is 14.7 Å². The molecular weight excluding hydrogens is 497 g/mol. The van der Waals surface area contributed by atoms with E-state index in [9.17, 15) is 4.79 Å². The lowest BCUT2D eigenvalue weighted by atomic mass is 10.1. The van der Waals surface area contributed by atoms with E-state index >= 15 is 0 Å². The summed E-state index contributed by atoms with van der Waals surface area (Å²) in [5, 5.41) is 5.81. The smallest absolute Gasteiger partial charge is 0.255 e. The molecule has 0 aliphatic carbocycles. The highest BCUT2D eigenvalue weighted by atomic mass is 35.5. The van der Waals surface area contributed by atoms with Gasteiger partial charge in [0, 0.05) is 11.6 Å². The van der Waals surface area contributed by atoms with E-state index in [1.165, 1.54) is 0 Å². The lowest BCUT2D eigenvalue weighted by Gasteiger charge is -2.23. The van der Waals surface area contributed by atoms with Gasteiger partial charge in [0.25, 0.3) is 5.91 Å². The van der Waals surface area contributed by atoms with Gasteiger partial charge in [-0.3, -0.25) is 4.79 Å². The first kappa shape index (κ1) is 25.6. The molecule has 0 saturated heterocycles. The third-order valence-electron chi connectivity index (χ3n) is 5.72. The Bertz CT molecular complexity index is 1350. The maximum atomic E-state index is 13.5. The maximum Gasteiger partial charge on any atom is 0.255 e. The van der Waals surface area contributed by atoms with Crippen molar-refractivity contribution in [3.05, 3.63) is 99.7 Å². The van der Waals surface area contributed by atoms with Gasteiger partial charge in [-0.25, -0.2) is 4.68 Å². The van der Waals surface area contributed by atoms with Gasteiger partial charge in [0.15, 0.2) is 11.5 Å². The average Bonchev–Trinajstić information content (AvgIpc) is 3.19. The van der Waals surface area contributed by atoms with Crippen LogP contribution in [0.2, 0.25) is 10.0 Å². The van der Waals surface area contributed by atoms with Gasteiger partial charge in [-0.1, -0.05) is 54.4 Å². The number of benzene rings is 3. The number of nitrogens with zero attached hydrogens (tertiary/aromatic N) is 3. The minimum Gasteiger partial charge on any atom is -0.493 e. The molecule has 0 spiro atoms. The molecule has 1 aromatic heterocycles. The maximum absolute atomic E-state index is 13.5. The highest BCUT2D eigenvalue weighted by Gasteiger charge is 2.25. The molecule has 0 fully saturated rings. The Morgan fingerprint density at radius 2 is 1.64 bits per heavy atom. The summed E-state index contributed by atoms with van der Waals surface area (Å²) in [5.41, 5.74) is 2.76. The lowest BCUT2D eigenvalue weighted by Crippen LogP contribution is -2.31. The van der Waals surface area contributed by atoms with Crippen molar-refractivity contribution in [2.45, 2.75) is 26.8 Å². The lowest BCUT2D eigenvalue weighted by molar-refractivity contribution is 0.0742. The van der Waals surface area contributed by atoms with Crippen molar-refractivity contribution in [2.75, 3.05) is 13.7 Å². The summed E-state index contributed by atoms with van der Waals surface area (Å²) < 4.78 is 13.7. The van der Waals surface area contributed by atoms with E-state index in [-0.39, 0.29) is 5.91 Å². The Labute approximate surface area is 221 Å². The summed E-state index contributed by atoms with van der Waals surface area (Å²) in [6.07, 6.45) is 0.781. The zero-order valence-electron chi connectivity index (χ0n) is 20.4.